The van der Waals surface area contributed by atoms with Gasteiger partial charge in [-0.1, -0.05) is 13.8 Å². The van der Waals surface area contributed by atoms with Crippen molar-refractivity contribution >= 4 is 5.78 Å². The molecule has 9 heteroatoms. The lowest BCUT2D eigenvalue weighted by Crippen LogP contribution is -2.92. The van der Waals surface area contributed by atoms with Crippen LogP contribution in [-0.2, 0) is 28.5 Å². The van der Waals surface area contributed by atoms with Crippen LogP contribution in [0, 0.1) is 28.6 Å². The SMILES string of the molecule is CCN1C[C@]2(C)CC[C@H](OC)[C@]34C2C(C(C)=O)C2(OCOC25C[C@@H](OC)C2CC3(O)C5(O)[C@H]2OC)[C@@H]14. The highest BCUT2D eigenvalue weighted by atomic mass is 16.7. The first-order valence-electron chi connectivity index (χ1n) is 13.6. The fourth-order valence-electron chi connectivity index (χ4n) is 12.1. The van der Waals surface area contributed by atoms with E-state index in [1.807, 2.05) is 0 Å². The Labute approximate surface area is 212 Å². The van der Waals surface area contributed by atoms with Crippen LogP contribution in [0.15, 0.2) is 0 Å². The predicted octanol–water partition coefficient (Wildman–Crippen LogP) is 0.738. The number of likely N-dealkylation sites (N-methyl/N-ethyl adjacent to an activating group) is 1. The van der Waals surface area contributed by atoms with Crippen LogP contribution in [0.5, 0.6) is 0 Å². The van der Waals surface area contributed by atoms with Crippen molar-refractivity contribution in [2.75, 3.05) is 41.2 Å². The molecule has 0 aromatic heterocycles. The van der Waals surface area contributed by atoms with Crippen molar-refractivity contribution in [3.63, 3.8) is 0 Å². The zero-order valence-corrected chi connectivity index (χ0v) is 22.3. The minimum absolute atomic E-state index is 0.0231. The van der Waals surface area contributed by atoms with E-state index in [9.17, 15) is 15.0 Å². The van der Waals surface area contributed by atoms with E-state index < -0.39 is 39.8 Å². The number of likely N-dealkylation sites (tertiary alicyclic amines) is 1. The normalized spacial score (nSPS) is 62.4. The second kappa shape index (κ2) is 6.91. The molecule has 0 aromatic rings. The molecule has 36 heavy (non-hydrogen) atoms. The number of carbonyl (C=O) groups is 1. The van der Waals surface area contributed by atoms with Crippen molar-refractivity contribution in [2.45, 2.75) is 93.2 Å². The molecule has 7 aliphatic rings. The van der Waals surface area contributed by atoms with Crippen molar-refractivity contribution in [1.29, 1.82) is 0 Å². The maximum Gasteiger partial charge on any atom is 0.152 e. The van der Waals surface area contributed by atoms with Gasteiger partial charge in [0, 0.05) is 40.2 Å². The summed E-state index contributed by atoms with van der Waals surface area (Å²) < 4.78 is 31.8. The predicted molar refractivity (Wildman–Crippen MR) is 126 cm³/mol. The summed E-state index contributed by atoms with van der Waals surface area (Å²) in [6.07, 6.45) is 0.852. The fraction of sp³-hybridized carbons (Fsp3) is 0.963. The average Bonchev–Trinajstić information content (AvgIpc) is 3.38. The minimum Gasteiger partial charge on any atom is -0.386 e. The molecule has 0 amide bonds. The lowest BCUT2D eigenvalue weighted by atomic mass is 9.40. The highest BCUT2D eigenvalue weighted by Crippen LogP contribution is 2.85. The molecule has 0 radical (unpaired) electrons. The smallest absolute Gasteiger partial charge is 0.152 e. The first-order chi connectivity index (χ1) is 17.1. The highest BCUT2D eigenvalue weighted by Gasteiger charge is 3.01. The monoisotopic (exact) mass is 507 g/mol. The number of ether oxygens (including phenoxy) is 5. The molecule has 13 atom stereocenters. The molecule has 5 saturated carbocycles. The summed E-state index contributed by atoms with van der Waals surface area (Å²) in [6, 6.07) is -0.355. The molecule has 2 aliphatic heterocycles. The molecule has 9 nitrogen and oxygen atoms in total. The van der Waals surface area contributed by atoms with Crippen molar-refractivity contribution < 1.29 is 38.7 Å². The lowest BCUT2D eigenvalue weighted by molar-refractivity contribution is -0.386. The van der Waals surface area contributed by atoms with Crippen LogP contribution in [0.2, 0.25) is 0 Å². The van der Waals surface area contributed by atoms with Gasteiger partial charge in [-0.3, -0.25) is 9.69 Å². The molecule has 202 valence electrons. The van der Waals surface area contributed by atoms with Crippen LogP contribution in [0.4, 0.5) is 0 Å². The molecule has 3 spiro atoms. The number of Topliss-reactive ketones (excluding diaryl/α,β-unsaturated/α-hetero) is 1. The lowest BCUT2D eigenvalue weighted by Gasteiger charge is -2.74. The molecular formula is C27H41NO8. The second-order valence-corrected chi connectivity index (χ2v) is 13.0. The topological polar surface area (TPSA) is 107 Å². The Morgan fingerprint density at radius 1 is 1.11 bits per heavy atom. The van der Waals surface area contributed by atoms with Crippen molar-refractivity contribution in [3.8, 4) is 0 Å². The van der Waals surface area contributed by atoms with Gasteiger partial charge in [0.2, 0.25) is 0 Å². The van der Waals surface area contributed by atoms with E-state index in [-0.39, 0.29) is 48.1 Å². The van der Waals surface area contributed by atoms with Gasteiger partial charge >= 0.3 is 0 Å². The molecule has 7 fully saturated rings. The highest BCUT2D eigenvalue weighted by molar-refractivity contribution is 5.83. The standard InChI is InChI=1S/C27H41NO8/c1-7-28-12-22(3)9-8-17(33-5)25-19(22)18(14(2)29)26(21(25)28)24(35-13-36-26)11-16(32-4)15-10-23(25,30)27(24,31)20(15)34-6/h15-21,30-31H,7-13H2,1-6H3/t15?,16-,17+,18?,19?,20+,21+,22+,23?,24?,25-,26?,27?/m1/s1. The Morgan fingerprint density at radius 2 is 1.86 bits per heavy atom. The first-order valence-corrected chi connectivity index (χ1v) is 13.6. The maximum absolute atomic E-state index is 13.9. The Balaban J connectivity index is 1.66. The van der Waals surface area contributed by atoms with Crippen molar-refractivity contribution in [1.82, 2.24) is 4.90 Å². The number of fused-ring (bicyclic) bond motifs is 1. The van der Waals surface area contributed by atoms with E-state index in [2.05, 4.69) is 18.7 Å². The van der Waals surface area contributed by atoms with Gasteiger partial charge in [-0.05, 0) is 44.1 Å². The van der Waals surface area contributed by atoms with Gasteiger partial charge in [-0.2, -0.15) is 0 Å². The van der Waals surface area contributed by atoms with Gasteiger partial charge in [0.1, 0.15) is 29.4 Å². The summed E-state index contributed by atoms with van der Waals surface area (Å²) in [6.45, 7) is 7.53. The molecule has 5 aliphatic carbocycles. The van der Waals surface area contributed by atoms with Crippen molar-refractivity contribution in [3.05, 3.63) is 0 Å². The van der Waals surface area contributed by atoms with Crippen LogP contribution in [0.3, 0.4) is 0 Å². The number of ketones is 1. The van der Waals surface area contributed by atoms with Gasteiger partial charge in [0.05, 0.1) is 35.7 Å². The summed E-state index contributed by atoms with van der Waals surface area (Å²) in [5, 5.41) is 26.6. The number of hydrogen-bond acceptors (Lipinski definition) is 9. The van der Waals surface area contributed by atoms with E-state index >= 15 is 0 Å². The number of carbonyl (C=O) groups excluding carboxylic acids is 1. The van der Waals surface area contributed by atoms with Gasteiger partial charge in [-0.15, -0.1) is 0 Å². The summed E-state index contributed by atoms with van der Waals surface area (Å²) in [5.41, 5.74) is -7.17. The summed E-state index contributed by atoms with van der Waals surface area (Å²) in [7, 11) is 4.96. The average molecular weight is 508 g/mol. The summed E-state index contributed by atoms with van der Waals surface area (Å²) in [4.78, 5) is 16.3. The van der Waals surface area contributed by atoms with Crippen LogP contribution < -0.4 is 0 Å². The van der Waals surface area contributed by atoms with E-state index in [4.69, 9.17) is 23.7 Å². The van der Waals surface area contributed by atoms with Gasteiger partial charge in [-0.25, -0.2) is 0 Å². The summed E-state index contributed by atoms with van der Waals surface area (Å²) in [5.74, 6) is -0.998. The first kappa shape index (κ1) is 24.4. The van der Waals surface area contributed by atoms with Crippen LogP contribution >= 0.6 is 0 Å². The Kier molecular flexibility index (Phi) is 4.68. The number of piperidine rings is 1. The molecule has 2 saturated heterocycles. The maximum atomic E-state index is 13.9. The number of aliphatic hydroxyl groups is 2. The van der Waals surface area contributed by atoms with E-state index in [0.717, 1.165) is 25.9 Å². The molecule has 2 heterocycles. The Morgan fingerprint density at radius 3 is 2.47 bits per heavy atom. The Bertz CT molecular complexity index is 1010. The van der Waals surface area contributed by atoms with Crippen LogP contribution in [0.1, 0.15) is 46.5 Å². The zero-order valence-electron chi connectivity index (χ0n) is 22.3. The minimum atomic E-state index is -1.80. The molecule has 2 N–H and O–H groups in total. The van der Waals surface area contributed by atoms with E-state index in [1.165, 1.54) is 0 Å². The Hall–Kier alpha value is -0.650. The molecule has 7 unspecified atom stereocenters. The van der Waals surface area contributed by atoms with Gasteiger partial charge in [0.25, 0.3) is 0 Å². The van der Waals surface area contributed by atoms with Crippen LogP contribution in [-0.4, -0.2) is 109 Å². The number of hydrogen-bond donors (Lipinski definition) is 2. The summed E-state index contributed by atoms with van der Waals surface area (Å²) >= 11 is 0. The van der Waals surface area contributed by atoms with E-state index in [1.54, 1.807) is 28.3 Å². The third-order valence-corrected chi connectivity index (χ3v) is 12.5. The van der Waals surface area contributed by atoms with Gasteiger partial charge in [0.15, 0.2) is 5.60 Å². The quantitative estimate of drug-likeness (QED) is 0.557. The van der Waals surface area contributed by atoms with Crippen molar-refractivity contribution in [2.24, 2.45) is 28.6 Å². The number of methoxy groups -OCH3 is 3. The number of rotatable bonds is 5. The van der Waals surface area contributed by atoms with Gasteiger partial charge < -0.3 is 33.9 Å². The fourth-order valence-corrected chi connectivity index (χ4v) is 12.1. The van der Waals surface area contributed by atoms with E-state index in [0.29, 0.717) is 12.8 Å². The zero-order chi connectivity index (χ0) is 25.7. The molecule has 7 rings (SSSR count). The third-order valence-electron chi connectivity index (χ3n) is 12.5. The largest absolute Gasteiger partial charge is 0.386 e. The third kappa shape index (κ3) is 1.93. The second-order valence-electron chi connectivity index (χ2n) is 13.0. The molecular weight excluding hydrogens is 466 g/mol. The molecule has 0 aromatic carbocycles. The van der Waals surface area contributed by atoms with Crippen LogP contribution in [0.25, 0.3) is 0 Å². The number of nitrogens with zero attached hydrogens (tertiary/aromatic N) is 1. The molecule has 7 bridgehead atoms.